The lowest BCUT2D eigenvalue weighted by molar-refractivity contribution is -0.120. The van der Waals surface area contributed by atoms with Crippen LogP contribution < -0.4 is 4.74 Å². The highest BCUT2D eigenvalue weighted by Gasteiger charge is 2.23. The van der Waals surface area contributed by atoms with Gasteiger partial charge >= 0.3 is 0 Å². The van der Waals surface area contributed by atoms with Gasteiger partial charge in [-0.25, -0.2) is 0 Å². The Kier molecular flexibility index (Phi) is 3.71. The molecule has 0 amide bonds. The lowest BCUT2D eigenvalue weighted by Gasteiger charge is -2.23. The van der Waals surface area contributed by atoms with E-state index in [2.05, 4.69) is 22.0 Å². The van der Waals surface area contributed by atoms with Gasteiger partial charge in [-0.05, 0) is 42.3 Å². The van der Waals surface area contributed by atoms with Crippen LogP contribution in [0.1, 0.15) is 20.3 Å². The summed E-state index contributed by atoms with van der Waals surface area (Å²) >= 11 is 3.43. The van der Waals surface area contributed by atoms with Gasteiger partial charge in [0.2, 0.25) is 0 Å². The second-order valence-corrected chi connectivity index (χ2v) is 5.36. The lowest BCUT2D eigenvalue weighted by atomic mass is 10.1. The largest absolute Gasteiger partial charge is 0.479 e. The molecule has 3 heteroatoms. The molecular weight excluding hydrogens is 292 g/mol. The van der Waals surface area contributed by atoms with E-state index < -0.39 is 5.60 Å². The van der Waals surface area contributed by atoms with E-state index in [1.165, 1.54) is 0 Å². The molecule has 2 nitrogen and oxygen atoms in total. The molecule has 2 rings (SSSR count). The third-order valence-electron chi connectivity index (χ3n) is 2.98. The third-order valence-corrected chi connectivity index (χ3v) is 3.47. The van der Waals surface area contributed by atoms with Crippen LogP contribution >= 0.6 is 15.9 Å². The Morgan fingerprint density at radius 2 is 2.17 bits per heavy atom. The molecular formula is C15H14BrO2. The van der Waals surface area contributed by atoms with E-state index in [9.17, 15) is 4.79 Å². The van der Waals surface area contributed by atoms with Crippen LogP contribution in [-0.2, 0) is 4.79 Å². The smallest absolute Gasteiger partial charge is 0.163 e. The third kappa shape index (κ3) is 2.72. The predicted octanol–water partition coefficient (Wildman–Crippen LogP) is 4.15. The van der Waals surface area contributed by atoms with Gasteiger partial charge in [-0.15, -0.1) is 0 Å². The fourth-order valence-corrected chi connectivity index (χ4v) is 1.99. The van der Waals surface area contributed by atoms with Gasteiger partial charge in [-0.3, -0.25) is 4.79 Å². The summed E-state index contributed by atoms with van der Waals surface area (Å²) in [6.07, 6.45) is 1.47. The van der Waals surface area contributed by atoms with Crippen molar-refractivity contribution in [2.75, 3.05) is 0 Å². The summed E-state index contributed by atoms with van der Waals surface area (Å²) in [4.78, 5) is 11.0. The van der Waals surface area contributed by atoms with Gasteiger partial charge < -0.3 is 4.74 Å². The monoisotopic (exact) mass is 305 g/mol. The van der Waals surface area contributed by atoms with Crippen LogP contribution in [0, 0.1) is 6.07 Å². The van der Waals surface area contributed by atoms with E-state index in [0.29, 0.717) is 12.2 Å². The van der Waals surface area contributed by atoms with Gasteiger partial charge in [-0.1, -0.05) is 35.0 Å². The maximum absolute atomic E-state index is 11.0. The molecule has 1 unspecified atom stereocenters. The molecule has 0 aliphatic rings. The standard InChI is InChI=1S/C15H14BrO2/c1-3-15(2,10-17)18-14-7-5-11-8-13(16)6-4-12(11)9-14/h4-8,10H,3H2,1-2H3. The van der Waals surface area contributed by atoms with E-state index in [4.69, 9.17) is 4.74 Å². The van der Waals surface area contributed by atoms with Gasteiger partial charge in [0.15, 0.2) is 11.9 Å². The van der Waals surface area contributed by atoms with E-state index in [-0.39, 0.29) is 0 Å². The Morgan fingerprint density at radius 3 is 2.83 bits per heavy atom. The predicted molar refractivity (Wildman–Crippen MR) is 75.9 cm³/mol. The fourth-order valence-electron chi connectivity index (χ4n) is 1.62. The molecule has 0 aliphatic heterocycles. The maximum Gasteiger partial charge on any atom is 0.163 e. The number of ether oxygens (including phenoxy) is 1. The molecule has 2 aromatic carbocycles. The summed E-state index contributed by atoms with van der Waals surface area (Å²) < 4.78 is 6.73. The van der Waals surface area contributed by atoms with Crippen molar-refractivity contribution < 1.29 is 9.53 Å². The van der Waals surface area contributed by atoms with E-state index >= 15 is 0 Å². The Morgan fingerprint density at radius 1 is 1.39 bits per heavy atom. The van der Waals surface area contributed by atoms with Gasteiger partial charge in [0, 0.05) is 10.5 Å². The maximum atomic E-state index is 11.0. The second kappa shape index (κ2) is 5.11. The highest BCUT2D eigenvalue weighted by atomic mass is 79.9. The molecule has 0 aromatic heterocycles. The summed E-state index contributed by atoms with van der Waals surface area (Å²) in [6.45, 7) is 3.70. The molecule has 0 fully saturated rings. The molecule has 0 spiro atoms. The minimum atomic E-state index is -0.778. The summed E-state index contributed by atoms with van der Waals surface area (Å²) in [5, 5.41) is 2.06. The zero-order valence-corrected chi connectivity index (χ0v) is 12.0. The van der Waals surface area contributed by atoms with Gasteiger partial charge in [-0.2, -0.15) is 0 Å². The summed E-state index contributed by atoms with van der Waals surface area (Å²) in [6, 6.07) is 12.9. The highest BCUT2D eigenvalue weighted by Crippen LogP contribution is 2.26. The number of carbonyl (C=O) groups is 1. The van der Waals surface area contributed by atoms with Crippen molar-refractivity contribution in [2.24, 2.45) is 0 Å². The van der Waals surface area contributed by atoms with E-state index in [1.54, 1.807) is 6.92 Å². The van der Waals surface area contributed by atoms with Crippen LogP contribution in [0.4, 0.5) is 0 Å². The summed E-state index contributed by atoms with van der Waals surface area (Å²) in [5.41, 5.74) is -0.778. The Labute approximate surface area is 115 Å². The number of carbonyl (C=O) groups excluding carboxylic acids is 1. The number of rotatable bonds is 4. The Bertz CT molecular complexity index is 580. The first kappa shape index (κ1) is 13.1. The fraction of sp³-hybridized carbons (Fsp3) is 0.267. The molecule has 0 heterocycles. The van der Waals surface area contributed by atoms with Crippen molar-refractivity contribution >= 4 is 33.0 Å². The minimum absolute atomic E-state index is 0.598. The minimum Gasteiger partial charge on any atom is -0.479 e. The molecule has 0 bridgehead atoms. The first-order chi connectivity index (χ1) is 8.56. The lowest BCUT2D eigenvalue weighted by Crippen LogP contribution is -2.33. The van der Waals surface area contributed by atoms with Gasteiger partial charge in [0.05, 0.1) is 0 Å². The van der Waals surface area contributed by atoms with Crippen LogP contribution in [0.15, 0.2) is 34.8 Å². The normalized spacial score (nSPS) is 14.2. The van der Waals surface area contributed by atoms with Crippen LogP contribution in [0.5, 0.6) is 5.75 Å². The van der Waals surface area contributed by atoms with Crippen molar-refractivity contribution in [1.82, 2.24) is 0 Å². The van der Waals surface area contributed by atoms with Crippen molar-refractivity contribution in [2.45, 2.75) is 25.9 Å². The summed E-state index contributed by atoms with van der Waals surface area (Å²) in [7, 11) is 0. The van der Waals surface area contributed by atoms with Crippen LogP contribution in [-0.4, -0.2) is 11.9 Å². The number of hydrogen-bond acceptors (Lipinski definition) is 2. The molecule has 1 atom stereocenters. The molecule has 0 N–H and O–H groups in total. The van der Waals surface area contributed by atoms with Gasteiger partial charge in [0.1, 0.15) is 5.75 Å². The van der Waals surface area contributed by atoms with Crippen LogP contribution in [0.25, 0.3) is 10.8 Å². The topological polar surface area (TPSA) is 26.3 Å². The van der Waals surface area contributed by atoms with Crippen molar-refractivity contribution in [3.05, 3.63) is 40.9 Å². The van der Waals surface area contributed by atoms with Crippen LogP contribution in [0.2, 0.25) is 0 Å². The van der Waals surface area contributed by atoms with E-state index in [0.717, 1.165) is 21.5 Å². The highest BCUT2D eigenvalue weighted by molar-refractivity contribution is 9.10. The zero-order valence-electron chi connectivity index (χ0n) is 10.4. The number of benzene rings is 2. The summed E-state index contributed by atoms with van der Waals surface area (Å²) in [5.74, 6) is 0.598. The molecule has 2 aromatic rings. The van der Waals surface area contributed by atoms with Crippen LogP contribution in [0.3, 0.4) is 0 Å². The van der Waals surface area contributed by atoms with Crippen molar-refractivity contribution in [3.8, 4) is 5.75 Å². The first-order valence-corrected chi connectivity index (χ1v) is 6.62. The molecule has 1 radical (unpaired) electrons. The first-order valence-electron chi connectivity index (χ1n) is 5.83. The average molecular weight is 306 g/mol. The quantitative estimate of drug-likeness (QED) is 0.793. The Balaban J connectivity index is 2.36. The zero-order chi connectivity index (χ0) is 13.2. The van der Waals surface area contributed by atoms with Gasteiger partial charge in [0.25, 0.3) is 0 Å². The molecule has 18 heavy (non-hydrogen) atoms. The number of fused-ring (bicyclic) bond motifs is 1. The van der Waals surface area contributed by atoms with Crippen molar-refractivity contribution in [1.29, 1.82) is 0 Å². The molecule has 0 saturated heterocycles. The van der Waals surface area contributed by atoms with E-state index in [1.807, 2.05) is 37.3 Å². The molecule has 93 valence electrons. The second-order valence-electron chi connectivity index (χ2n) is 4.44. The molecule has 0 saturated carbocycles. The number of hydrogen-bond donors (Lipinski definition) is 0. The Hall–Kier alpha value is -1.35. The van der Waals surface area contributed by atoms with Crippen molar-refractivity contribution in [3.63, 3.8) is 0 Å². The number of halogens is 1. The number of aldehydes is 1. The molecule has 0 aliphatic carbocycles. The SMILES string of the molecule is CCC(C)(C=O)Oc1[c]c2ccc(Br)cc2cc1. The average Bonchev–Trinajstić information content (AvgIpc) is 2.39.